The summed E-state index contributed by atoms with van der Waals surface area (Å²) in [7, 11) is 1.52. The van der Waals surface area contributed by atoms with Gasteiger partial charge in [-0.05, 0) is 24.1 Å². The van der Waals surface area contributed by atoms with E-state index in [1.807, 2.05) is 13.0 Å². The van der Waals surface area contributed by atoms with E-state index in [1.54, 1.807) is 12.1 Å². The zero-order valence-corrected chi connectivity index (χ0v) is 9.91. The number of hydrogen-bond acceptors (Lipinski definition) is 2. The first-order chi connectivity index (χ1) is 7.52. The molecule has 1 aliphatic heterocycles. The van der Waals surface area contributed by atoms with Crippen molar-refractivity contribution >= 4 is 23.4 Å². The normalized spacial score (nSPS) is 20.7. The molecular formula is C12H12ClNO2. The summed E-state index contributed by atoms with van der Waals surface area (Å²) in [6.45, 7) is 1.87. The van der Waals surface area contributed by atoms with Crippen LogP contribution >= 0.6 is 11.6 Å². The number of hydrogen-bond donors (Lipinski definition) is 0. The average molecular weight is 238 g/mol. The van der Waals surface area contributed by atoms with E-state index in [1.165, 1.54) is 11.9 Å². The number of halogens is 1. The first-order valence-corrected chi connectivity index (χ1v) is 5.45. The van der Waals surface area contributed by atoms with E-state index >= 15 is 0 Å². The maximum Gasteiger partial charge on any atom is 0.236 e. The molecule has 1 unspecified atom stereocenters. The Labute approximate surface area is 99.0 Å². The van der Waals surface area contributed by atoms with Gasteiger partial charge in [-0.1, -0.05) is 23.7 Å². The number of rotatable bonds is 1. The Hall–Kier alpha value is -1.35. The largest absolute Gasteiger partial charge is 0.285 e. The van der Waals surface area contributed by atoms with Gasteiger partial charge in [-0.25, -0.2) is 0 Å². The summed E-state index contributed by atoms with van der Waals surface area (Å²) in [6.07, 6.45) is 0.247. The summed E-state index contributed by atoms with van der Waals surface area (Å²) < 4.78 is 0. The third kappa shape index (κ3) is 1.61. The van der Waals surface area contributed by atoms with Gasteiger partial charge in [0.2, 0.25) is 11.8 Å². The number of nitrogens with zero attached hydrogens (tertiary/aromatic N) is 1. The molecular weight excluding hydrogens is 226 g/mol. The smallest absolute Gasteiger partial charge is 0.236 e. The molecule has 1 aliphatic rings. The second kappa shape index (κ2) is 3.91. The van der Waals surface area contributed by atoms with Gasteiger partial charge >= 0.3 is 0 Å². The fraction of sp³-hybridized carbons (Fsp3) is 0.333. The SMILES string of the molecule is Cc1c(Cl)cccc1C1CC(=O)N(C)C1=O. The van der Waals surface area contributed by atoms with E-state index in [0.29, 0.717) is 5.02 Å². The molecule has 0 radical (unpaired) electrons. The highest BCUT2D eigenvalue weighted by Crippen LogP contribution is 2.33. The predicted octanol–water partition coefficient (Wildman–Crippen LogP) is 2.12. The van der Waals surface area contributed by atoms with Crippen LogP contribution in [0.5, 0.6) is 0 Å². The van der Waals surface area contributed by atoms with Crippen molar-refractivity contribution < 1.29 is 9.59 Å². The Bertz CT molecular complexity index is 470. The van der Waals surface area contributed by atoms with Crippen molar-refractivity contribution in [3.05, 3.63) is 34.3 Å². The Kier molecular flexibility index (Phi) is 2.72. The zero-order valence-electron chi connectivity index (χ0n) is 9.16. The molecule has 0 spiro atoms. The Morgan fingerprint density at radius 1 is 1.38 bits per heavy atom. The molecule has 1 saturated heterocycles. The Morgan fingerprint density at radius 2 is 2.06 bits per heavy atom. The van der Waals surface area contributed by atoms with Crippen LogP contribution in [0.3, 0.4) is 0 Å². The summed E-state index contributed by atoms with van der Waals surface area (Å²) >= 11 is 6.00. The lowest BCUT2D eigenvalue weighted by molar-refractivity contribution is -0.137. The predicted molar refractivity (Wildman–Crippen MR) is 61.3 cm³/mol. The van der Waals surface area contributed by atoms with Crippen LogP contribution in [0.4, 0.5) is 0 Å². The highest BCUT2D eigenvalue weighted by molar-refractivity contribution is 6.31. The molecule has 1 aromatic rings. The lowest BCUT2D eigenvalue weighted by Crippen LogP contribution is -2.25. The minimum atomic E-state index is -0.365. The highest BCUT2D eigenvalue weighted by Gasteiger charge is 2.37. The molecule has 0 saturated carbocycles. The van der Waals surface area contributed by atoms with Crippen LogP contribution < -0.4 is 0 Å². The molecule has 1 aromatic carbocycles. The molecule has 0 aromatic heterocycles. The van der Waals surface area contributed by atoms with Gasteiger partial charge in [-0.3, -0.25) is 14.5 Å². The molecule has 16 heavy (non-hydrogen) atoms. The van der Waals surface area contributed by atoms with Crippen molar-refractivity contribution in [2.45, 2.75) is 19.3 Å². The van der Waals surface area contributed by atoms with Gasteiger partial charge in [0.15, 0.2) is 0 Å². The first kappa shape index (κ1) is 11.1. The molecule has 1 heterocycles. The molecule has 3 nitrogen and oxygen atoms in total. The van der Waals surface area contributed by atoms with Crippen molar-refractivity contribution in [3.8, 4) is 0 Å². The van der Waals surface area contributed by atoms with Crippen molar-refractivity contribution in [2.24, 2.45) is 0 Å². The fourth-order valence-corrected chi connectivity index (χ4v) is 2.18. The Balaban J connectivity index is 2.43. The van der Waals surface area contributed by atoms with E-state index in [2.05, 4.69) is 0 Å². The van der Waals surface area contributed by atoms with Crippen molar-refractivity contribution in [3.63, 3.8) is 0 Å². The molecule has 84 valence electrons. The molecule has 4 heteroatoms. The summed E-state index contributed by atoms with van der Waals surface area (Å²) in [5.74, 6) is -0.638. The van der Waals surface area contributed by atoms with Gasteiger partial charge in [0.05, 0.1) is 5.92 Å². The minimum absolute atomic E-state index is 0.130. The summed E-state index contributed by atoms with van der Waals surface area (Å²) in [6, 6.07) is 5.45. The van der Waals surface area contributed by atoms with Crippen LogP contribution in [0.15, 0.2) is 18.2 Å². The van der Waals surface area contributed by atoms with Crippen LogP contribution in [-0.2, 0) is 9.59 Å². The van der Waals surface area contributed by atoms with E-state index in [-0.39, 0.29) is 24.2 Å². The third-order valence-electron chi connectivity index (χ3n) is 3.07. The Morgan fingerprint density at radius 3 is 2.62 bits per heavy atom. The number of carbonyl (C=O) groups is 2. The van der Waals surface area contributed by atoms with Crippen LogP contribution in [0, 0.1) is 6.92 Å². The van der Waals surface area contributed by atoms with Gasteiger partial charge in [-0.2, -0.15) is 0 Å². The van der Waals surface area contributed by atoms with E-state index in [4.69, 9.17) is 11.6 Å². The molecule has 0 aliphatic carbocycles. The van der Waals surface area contributed by atoms with Gasteiger partial charge in [0.25, 0.3) is 0 Å². The molecule has 0 N–H and O–H groups in total. The summed E-state index contributed by atoms with van der Waals surface area (Å²) in [4.78, 5) is 24.5. The third-order valence-corrected chi connectivity index (χ3v) is 3.48. The number of likely N-dealkylation sites (N-methyl/N-ethyl adjacent to an activating group) is 1. The molecule has 1 fully saturated rings. The van der Waals surface area contributed by atoms with Crippen LogP contribution in [0.25, 0.3) is 0 Å². The van der Waals surface area contributed by atoms with Gasteiger partial charge in [0, 0.05) is 18.5 Å². The lowest BCUT2D eigenvalue weighted by Gasteiger charge is -2.12. The maximum absolute atomic E-state index is 11.8. The van der Waals surface area contributed by atoms with Crippen molar-refractivity contribution in [1.29, 1.82) is 0 Å². The minimum Gasteiger partial charge on any atom is -0.285 e. The van der Waals surface area contributed by atoms with E-state index < -0.39 is 0 Å². The second-order valence-corrected chi connectivity index (χ2v) is 4.41. The zero-order chi connectivity index (χ0) is 11.9. The number of imide groups is 1. The van der Waals surface area contributed by atoms with Gasteiger partial charge in [-0.15, -0.1) is 0 Å². The lowest BCUT2D eigenvalue weighted by atomic mass is 9.93. The standard InChI is InChI=1S/C12H12ClNO2/c1-7-8(4-3-5-10(7)13)9-6-11(15)14(2)12(9)16/h3-5,9H,6H2,1-2H3. The molecule has 1 atom stereocenters. The topological polar surface area (TPSA) is 37.4 Å². The number of amides is 2. The number of carbonyl (C=O) groups excluding carboxylic acids is 2. The van der Waals surface area contributed by atoms with Crippen LogP contribution in [0.2, 0.25) is 5.02 Å². The van der Waals surface area contributed by atoms with Gasteiger partial charge in [0.1, 0.15) is 0 Å². The van der Waals surface area contributed by atoms with Crippen LogP contribution in [0.1, 0.15) is 23.5 Å². The van der Waals surface area contributed by atoms with Gasteiger partial charge < -0.3 is 0 Å². The molecule has 0 bridgehead atoms. The second-order valence-electron chi connectivity index (χ2n) is 4.00. The van der Waals surface area contributed by atoms with E-state index in [9.17, 15) is 9.59 Å². The van der Waals surface area contributed by atoms with E-state index in [0.717, 1.165) is 11.1 Å². The number of likely N-dealkylation sites (tertiary alicyclic amines) is 1. The van der Waals surface area contributed by atoms with Crippen molar-refractivity contribution in [1.82, 2.24) is 4.90 Å². The molecule has 2 rings (SSSR count). The highest BCUT2D eigenvalue weighted by atomic mass is 35.5. The summed E-state index contributed by atoms with van der Waals surface area (Å²) in [5.41, 5.74) is 1.74. The van der Waals surface area contributed by atoms with Crippen molar-refractivity contribution in [2.75, 3.05) is 7.05 Å². The first-order valence-electron chi connectivity index (χ1n) is 5.07. The quantitative estimate of drug-likeness (QED) is 0.702. The average Bonchev–Trinajstić information content (AvgIpc) is 2.50. The monoisotopic (exact) mass is 237 g/mol. The van der Waals surface area contributed by atoms with Crippen LogP contribution in [-0.4, -0.2) is 23.8 Å². The number of benzene rings is 1. The molecule has 2 amide bonds. The maximum atomic E-state index is 11.8. The summed E-state index contributed by atoms with van der Waals surface area (Å²) in [5, 5.41) is 0.632. The fourth-order valence-electron chi connectivity index (χ4n) is 2.00.